The zero-order valence-corrected chi connectivity index (χ0v) is 10.1. The lowest BCUT2D eigenvalue weighted by Crippen LogP contribution is -2.42. The zero-order valence-electron chi connectivity index (χ0n) is 10.1. The summed E-state index contributed by atoms with van der Waals surface area (Å²) in [7, 11) is 0. The number of hydrogen-bond donors (Lipinski definition) is 1. The molecule has 1 heterocycles. The molecule has 1 rings (SSSR count). The molecule has 0 bridgehead atoms. The topological polar surface area (TPSA) is 15.3 Å². The number of hydrogen-bond acceptors (Lipinski definition) is 2. The molecule has 1 saturated heterocycles. The Morgan fingerprint density at radius 3 is 2.79 bits per heavy atom. The Balaban J connectivity index is 2.38. The largest absolute Gasteiger partial charge is 0.314 e. The van der Waals surface area contributed by atoms with E-state index in [1.807, 2.05) is 0 Å². The van der Waals surface area contributed by atoms with E-state index in [2.05, 4.69) is 31.0 Å². The molecule has 1 N–H and O–H groups in total. The lowest BCUT2D eigenvalue weighted by molar-refractivity contribution is 0.176. The Morgan fingerprint density at radius 1 is 1.36 bits per heavy atom. The van der Waals surface area contributed by atoms with Crippen molar-refractivity contribution in [3.05, 3.63) is 0 Å². The standard InChI is InChI=1S/C12H26N2/c1-4-11(3)14-9-6-8-13-12(5-2)7-10-14/h11-13H,4-10H2,1-3H3. The van der Waals surface area contributed by atoms with Gasteiger partial charge in [-0.05, 0) is 52.2 Å². The Labute approximate surface area is 89.1 Å². The van der Waals surface area contributed by atoms with Crippen molar-refractivity contribution < 1.29 is 0 Å². The first kappa shape index (κ1) is 12.0. The van der Waals surface area contributed by atoms with Gasteiger partial charge in [-0.2, -0.15) is 0 Å². The molecular formula is C12H26N2. The van der Waals surface area contributed by atoms with E-state index in [1.54, 1.807) is 0 Å². The molecule has 2 nitrogen and oxygen atoms in total. The fourth-order valence-electron chi connectivity index (χ4n) is 2.17. The van der Waals surface area contributed by atoms with Crippen molar-refractivity contribution in [1.82, 2.24) is 10.2 Å². The summed E-state index contributed by atoms with van der Waals surface area (Å²) in [4.78, 5) is 2.66. The molecule has 0 aromatic carbocycles. The summed E-state index contributed by atoms with van der Waals surface area (Å²) in [6, 6.07) is 1.52. The van der Waals surface area contributed by atoms with Gasteiger partial charge in [-0.25, -0.2) is 0 Å². The molecule has 84 valence electrons. The smallest absolute Gasteiger partial charge is 0.00766 e. The molecule has 2 heteroatoms. The SMILES string of the molecule is CCC1CCN(C(C)CC)CCCN1. The van der Waals surface area contributed by atoms with Crippen LogP contribution >= 0.6 is 0 Å². The third-order valence-electron chi connectivity index (χ3n) is 3.53. The highest BCUT2D eigenvalue weighted by molar-refractivity contribution is 4.74. The van der Waals surface area contributed by atoms with E-state index < -0.39 is 0 Å². The van der Waals surface area contributed by atoms with Crippen LogP contribution in [-0.4, -0.2) is 36.6 Å². The van der Waals surface area contributed by atoms with E-state index >= 15 is 0 Å². The quantitative estimate of drug-likeness (QED) is 0.748. The van der Waals surface area contributed by atoms with Crippen LogP contribution in [0, 0.1) is 0 Å². The maximum Gasteiger partial charge on any atom is 0.00766 e. The first-order chi connectivity index (χ1) is 6.77. The summed E-state index contributed by atoms with van der Waals surface area (Å²) in [5, 5.41) is 3.62. The van der Waals surface area contributed by atoms with Crippen molar-refractivity contribution >= 4 is 0 Å². The predicted octanol–water partition coefficient (Wildman–Crippen LogP) is 2.25. The molecular weight excluding hydrogens is 172 g/mol. The third-order valence-corrected chi connectivity index (χ3v) is 3.53. The lowest BCUT2D eigenvalue weighted by Gasteiger charge is -2.32. The predicted molar refractivity (Wildman–Crippen MR) is 62.6 cm³/mol. The van der Waals surface area contributed by atoms with Gasteiger partial charge in [0.15, 0.2) is 0 Å². The van der Waals surface area contributed by atoms with Gasteiger partial charge in [0.2, 0.25) is 0 Å². The second-order valence-electron chi connectivity index (χ2n) is 4.49. The maximum atomic E-state index is 3.62. The molecule has 0 aromatic rings. The second kappa shape index (κ2) is 6.41. The van der Waals surface area contributed by atoms with Crippen molar-refractivity contribution in [2.24, 2.45) is 0 Å². The molecule has 14 heavy (non-hydrogen) atoms. The molecule has 1 aliphatic heterocycles. The summed E-state index contributed by atoms with van der Waals surface area (Å²) < 4.78 is 0. The molecule has 0 radical (unpaired) electrons. The van der Waals surface area contributed by atoms with E-state index in [9.17, 15) is 0 Å². The Bertz CT molecular complexity index is 145. The van der Waals surface area contributed by atoms with Gasteiger partial charge in [-0.15, -0.1) is 0 Å². The van der Waals surface area contributed by atoms with Crippen molar-refractivity contribution in [3.8, 4) is 0 Å². The molecule has 0 aliphatic carbocycles. The van der Waals surface area contributed by atoms with Crippen molar-refractivity contribution in [1.29, 1.82) is 0 Å². The van der Waals surface area contributed by atoms with Crippen molar-refractivity contribution in [2.75, 3.05) is 19.6 Å². The van der Waals surface area contributed by atoms with Gasteiger partial charge in [0.1, 0.15) is 0 Å². The van der Waals surface area contributed by atoms with E-state index in [1.165, 1.54) is 45.3 Å². The Morgan fingerprint density at radius 2 is 2.14 bits per heavy atom. The molecule has 2 unspecified atom stereocenters. The normalized spacial score (nSPS) is 28.1. The van der Waals surface area contributed by atoms with Crippen LogP contribution in [0.15, 0.2) is 0 Å². The van der Waals surface area contributed by atoms with Gasteiger partial charge >= 0.3 is 0 Å². The lowest BCUT2D eigenvalue weighted by atomic mass is 10.1. The van der Waals surface area contributed by atoms with Crippen molar-refractivity contribution in [2.45, 2.75) is 58.5 Å². The van der Waals surface area contributed by atoms with E-state index in [0.29, 0.717) is 0 Å². The van der Waals surface area contributed by atoms with Crippen LogP contribution in [0.1, 0.15) is 46.5 Å². The van der Waals surface area contributed by atoms with Gasteiger partial charge < -0.3 is 10.2 Å². The minimum atomic E-state index is 0.752. The molecule has 2 atom stereocenters. The highest BCUT2D eigenvalue weighted by Gasteiger charge is 2.16. The van der Waals surface area contributed by atoms with Crippen LogP contribution in [0.2, 0.25) is 0 Å². The van der Waals surface area contributed by atoms with Crippen LogP contribution < -0.4 is 5.32 Å². The van der Waals surface area contributed by atoms with Crippen molar-refractivity contribution in [3.63, 3.8) is 0 Å². The Hall–Kier alpha value is -0.0800. The number of nitrogens with one attached hydrogen (secondary N) is 1. The average Bonchev–Trinajstić information content (AvgIpc) is 2.17. The molecule has 0 spiro atoms. The number of rotatable bonds is 3. The fraction of sp³-hybridized carbons (Fsp3) is 1.00. The molecule has 0 aromatic heterocycles. The van der Waals surface area contributed by atoms with Gasteiger partial charge in [0.25, 0.3) is 0 Å². The van der Waals surface area contributed by atoms with Gasteiger partial charge in [-0.1, -0.05) is 13.8 Å². The highest BCUT2D eigenvalue weighted by Crippen LogP contribution is 2.10. The third kappa shape index (κ3) is 3.58. The fourth-order valence-corrected chi connectivity index (χ4v) is 2.17. The van der Waals surface area contributed by atoms with Gasteiger partial charge in [-0.3, -0.25) is 0 Å². The number of nitrogens with zero attached hydrogens (tertiary/aromatic N) is 1. The summed E-state index contributed by atoms with van der Waals surface area (Å²) in [5.74, 6) is 0. The van der Waals surface area contributed by atoms with Crippen LogP contribution in [0.25, 0.3) is 0 Å². The monoisotopic (exact) mass is 198 g/mol. The van der Waals surface area contributed by atoms with E-state index in [-0.39, 0.29) is 0 Å². The van der Waals surface area contributed by atoms with Crippen LogP contribution in [0.5, 0.6) is 0 Å². The summed E-state index contributed by atoms with van der Waals surface area (Å²) in [6.45, 7) is 10.7. The minimum Gasteiger partial charge on any atom is -0.314 e. The van der Waals surface area contributed by atoms with Crippen LogP contribution in [0.3, 0.4) is 0 Å². The molecule has 0 amide bonds. The Kier molecular flexibility index (Phi) is 5.49. The van der Waals surface area contributed by atoms with Gasteiger partial charge in [0.05, 0.1) is 0 Å². The van der Waals surface area contributed by atoms with E-state index in [4.69, 9.17) is 0 Å². The molecule has 1 aliphatic rings. The first-order valence-electron chi connectivity index (χ1n) is 6.25. The molecule has 1 fully saturated rings. The van der Waals surface area contributed by atoms with Crippen LogP contribution in [0.4, 0.5) is 0 Å². The highest BCUT2D eigenvalue weighted by atomic mass is 15.2. The second-order valence-corrected chi connectivity index (χ2v) is 4.49. The molecule has 0 saturated carbocycles. The minimum absolute atomic E-state index is 0.752. The van der Waals surface area contributed by atoms with Gasteiger partial charge in [0, 0.05) is 12.1 Å². The summed E-state index contributed by atoms with van der Waals surface area (Å²) >= 11 is 0. The van der Waals surface area contributed by atoms with Crippen LogP contribution in [-0.2, 0) is 0 Å². The van der Waals surface area contributed by atoms with E-state index in [0.717, 1.165) is 12.1 Å². The first-order valence-corrected chi connectivity index (χ1v) is 6.25. The maximum absolute atomic E-state index is 3.62. The summed E-state index contributed by atoms with van der Waals surface area (Å²) in [5.41, 5.74) is 0. The summed E-state index contributed by atoms with van der Waals surface area (Å²) in [6.07, 6.45) is 5.18. The average molecular weight is 198 g/mol. The zero-order chi connectivity index (χ0) is 10.4.